The zero-order valence-electron chi connectivity index (χ0n) is 26.6. The first kappa shape index (κ1) is 36.8. The largest absolute Gasteiger partial charge is 0.487 e. The normalized spacial score (nSPS) is 16.7. The maximum Gasteiger partial charge on any atom is 0.271 e. The summed E-state index contributed by atoms with van der Waals surface area (Å²) in [7, 11) is -7.81. The van der Waals surface area contributed by atoms with E-state index >= 15 is 0 Å². The van der Waals surface area contributed by atoms with Crippen molar-refractivity contribution in [2.24, 2.45) is 0 Å². The Balaban J connectivity index is 0.000000205. The van der Waals surface area contributed by atoms with Gasteiger partial charge >= 0.3 is 0 Å². The number of nitro benzene ring substituents is 1. The predicted molar refractivity (Wildman–Crippen MR) is 179 cm³/mol. The van der Waals surface area contributed by atoms with Gasteiger partial charge in [0.2, 0.25) is 0 Å². The zero-order valence-corrected chi connectivity index (χ0v) is 28.2. The molecule has 262 valence electrons. The molecule has 2 aliphatic heterocycles. The van der Waals surface area contributed by atoms with Gasteiger partial charge in [-0.05, 0) is 93.6 Å². The standard InChI is InChI=1S/C15H13FN2O5S.C15H15FN2O3S.C2H6O/c1-10-9-17(24(21,22)13-5-2-11(16)3-6-13)14-8-12(18(19)20)4-7-15(14)23-10;1-10-9-18(14-8-12(17)4-7-15(14)21-10)22(19,20)13-5-2-11(16)3-6-13;1-2-3/h2-8,10H,9H2,1H3;2-8,10H,9,17H2,1H3;3H,2H2,1H3/t2*10-;/m00./s1. The van der Waals surface area contributed by atoms with Gasteiger partial charge in [0.15, 0.2) is 0 Å². The number of non-ortho nitro benzene ring substituents is 1. The van der Waals surface area contributed by atoms with E-state index in [4.69, 9.17) is 20.3 Å². The lowest BCUT2D eigenvalue weighted by Gasteiger charge is -2.34. The van der Waals surface area contributed by atoms with E-state index in [2.05, 4.69) is 0 Å². The average Bonchev–Trinajstić information content (AvgIpc) is 3.05. The van der Waals surface area contributed by atoms with Crippen LogP contribution in [0.2, 0.25) is 0 Å². The van der Waals surface area contributed by atoms with Crippen LogP contribution in [0.25, 0.3) is 0 Å². The van der Waals surface area contributed by atoms with Gasteiger partial charge in [0, 0.05) is 24.4 Å². The Hall–Kier alpha value is -5.00. The van der Waals surface area contributed by atoms with Crippen LogP contribution in [0.1, 0.15) is 20.8 Å². The lowest BCUT2D eigenvalue weighted by atomic mass is 10.2. The minimum absolute atomic E-state index is 0.00607. The number of rotatable bonds is 5. The van der Waals surface area contributed by atoms with Crippen LogP contribution < -0.4 is 23.8 Å². The van der Waals surface area contributed by atoms with Crippen molar-refractivity contribution < 1.29 is 45.1 Å². The molecule has 2 heterocycles. The molecule has 49 heavy (non-hydrogen) atoms. The maximum absolute atomic E-state index is 13.1. The van der Waals surface area contributed by atoms with E-state index in [1.807, 2.05) is 0 Å². The number of nitro groups is 1. The number of hydrogen-bond donors (Lipinski definition) is 2. The highest BCUT2D eigenvalue weighted by Crippen LogP contribution is 2.40. The smallest absolute Gasteiger partial charge is 0.271 e. The summed E-state index contributed by atoms with van der Waals surface area (Å²) < 4.78 is 91.0. The summed E-state index contributed by atoms with van der Waals surface area (Å²) in [4.78, 5) is 10.3. The van der Waals surface area contributed by atoms with Gasteiger partial charge in [-0.3, -0.25) is 18.7 Å². The summed E-state index contributed by atoms with van der Waals surface area (Å²) in [5.74, 6) is -0.344. The Labute approximate surface area is 282 Å². The molecule has 4 aromatic carbocycles. The quantitative estimate of drug-likeness (QED) is 0.160. The zero-order chi connectivity index (χ0) is 36.1. The van der Waals surface area contributed by atoms with Gasteiger partial charge in [-0.15, -0.1) is 0 Å². The van der Waals surface area contributed by atoms with Gasteiger partial charge in [0.25, 0.3) is 25.7 Å². The fourth-order valence-electron chi connectivity index (χ4n) is 4.84. The highest BCUT2D eigenvalue weighted by Gasteiger charge is 2.35. The van der Waals surface area contributed by atoms with Crippen molar-refractivity contribution in [1.29, 1.82) is 0 Å². The van der Waals surface area contributed by atoms with Crippen LogP contribution >= 0.6 is 0 Å². The molecule has 0 fully saturated rings. The van der Waals surface area contributed by atoms with Crippen molar-refractivity contribution in [1.82, 2.24) is 0 Å². The molecular formula is C32H34F2N4O9S2. The van der Waals surface area contributed by atoms with Gasteiger partial charge in [-0.2, -0.15) is 0 Å². The van der Waals surface area contributed by atoms with Crippen LogP contribution in [0.4, 0.5) is 31.5 Å². The number of aliphatic hydroxyl groups is 1. The molecule has 0 saturated carbocycles. The van der Waals surface area contributed by atoms with Crippen molar-refractivity contribution in [2.45, 2.75) is 42.8 Å². The molecule has 2 atom stereocenters. The number of aliphatic hydroxyl groups excluding tert-OH is 1. The molecule has 6 rings (SSSR count). The molecule has 0 saturated heterocycles. The Morgan fingerprint density at radius 3 is 1.57 bits per heavy atom. The summed E-state index contributed by atoms with van der Waals surface area (Å²) in [6, 6.07) is 17.8. The van der Waals surface area contributed by atoms with Crippen LogP contribution in [0.3, 0.4) is 0 Å². The number of sulfonamides is 2. The van der Waals surface area contributed by atoms with E-state index in [9.17, 15) is 35.7 Å². The van der Waals surface area contributed by atoms with E-state index < -0.39 is 42.7 Å². The Morgan fingerprint density at radius 1 is 0.776 bits per heavy atom. The second kappa shape index (κ2) is 15.0. The maximum atomic E-state index is 13.1. The highest BCUT2D eigenvalue weighted by molar-refractivity contribution is 7.93. The SMILES string of the molecule is CCO.C[C@H]1CN(S(=O)(=O)c2ccc(F)cc2)c2cc(N)ccc2O1.C[C@H]1CN(S(=O)(=O)c2ccc(F)cc2)c2cc([N+](=O)[O-])ccc2O1. The van der Waals surface area contributed by atoms with E-state index in [-0.39, 0.29) is 52.7 Å². The van der Waals surface area contributed by atoms with Gasteiger partial charge in [0.05, 0.1) is 33.5 Å². The number of halogens is 2. The van der Waals surface area contributed by atoms with E-state index in [0.717, 1.165) is 46.8 Å². The van der Waals surface area contributed by atoms with Gasteiger partial charge in [-0.25, -0.2) is 25.6 Å². The monoisotopic (exact) mass is 720 g/mol. The van der Waals surface area contributed by atoms with Crippen molar-refractivity contribution in [3.05, 3.63) is 107 Å². The first-order valence-electron chi connectivity index (χ1n) is 14.8. The first-order chi connectivity index (χ1) is 23.1. The third-order valence-corrected chi connectivity index (χ3v) is 10.6. The minimum atomic E-state index is -4.00. The topological polar surface area (TPSA) is 183 Å². The van der Waals surface area contributed by atoms with Crippen molar-refractivity contribution in [3.63, 3.8) is 0 Å². The second-order valence-electron chi connectivity index (χ2n) is 10.8. The number of anilines is 3. The number of benzene rings is 4. The first-order valence-corrected chi connectivity index (χ1v) is 17.6. The fourth-order valence-corrected chi connectivity index (χ4v) is 7.92. The number of nitrogens with zero attached hydrogens (tertiary/aromatic N) is 3. The number of hydrogen-bond acceptors (Lipinski definition) is 10. The number of ether oxygens (including phenoxy) is 2. The number of nitrogen functional groups attached to an aromatic ring is 1. The third kappa shape index (κ3) is 8.36. The molecule has 17 heteroatoms. The molecule has 3 N–H and O–H groups in total. The molecule has 0 aromatic heterocycles. The molecule has 0 bridgehead atoms. The summed E-state index contributed by atoms with van der Waals surface area (Å²) in [6.45, 7) is 5.56. The summed E-state index contributed by atoms with van der Waals surface area (Å²) >= 11 is 0. The number of fused-ring (bicyclic) bond motifs is 2. The summed E-state index contributed by atoms with van der Waals surface area (Å²) in [5.41, 5.74) is 6.43. The minimum Gasteiger partial charge on any atom is -0.487 e. The molecule has 2 aliphatic rings. The fraction of sp³-hybridized carbons (Fsp3) is 0.250. The molecule has 0 unspecified atom stereocenters. The molecule has 0 spiro atoms. The van der Waals surface area contributed by atoms with E-state index in [1.54, 1.807) is 39.0 Å². The van der Waals surface area contributed by atoms with Crippen LogP contribution in [-0.4, -0.2) is 58.8 Å². The molecule has 13 nitrogen and oxygen atoms in total. The van der Waals surface area contributed by atoms with Gasteiger partial charge in [0.1, 0.15) is 41.0 Å². The van der Waals surface area contributed by atoms with E-state index in [0.29, 0.717) is 17.1 Å². The Kier molecular flexibility index (Phi) is 11.3. The Morgan fingerprint density at radius 2 is 1.16 bits per heavy atom. The predicted octanol–water partition coefficient (Wildman–Crippen LogP) is 5.09. The molecule has 0 amide bonds. The Bertz CT molecular complexity index is 2020. The van der Waals surface area contributed by atoms with Crippen LogP contribution in [0.5, 0.6) is 11.5 Å². The lowest BCUT2D eigenvalue weighted by Crippen LogP contribution is -2.42. The third-order valence-electron chi connectivity index (χ3n) is 6.98. The van der Waals surface area contributed by atoms with Crippen molar-refractivity contribution in [2.75, 3.05) is 34.0 Å². The second-order valence-corrected chi connectivity index (χ2v) is 14.5. The van der Waals surface area contributed by atoms with Crippen molar-refractivity contribution >= 4 is 42.8 Å². The van der Waals surface area contributed by atoms with Gasteiger partial charge < -0.3 is 20.3 Å². The van der Waals surface area contributed by atoms with Crippen LogP contribution in [0, 0.1) is 21.7 Å². The molecule has 0 radical (unpaired) electrons. The van der Waals surface area contributed by atoms with E-state index in [1.165, 1.54) is 28.6 Å². The summed E-state index contributed by atoms with van der Waals surface area (Å²) in [6.07, 6.45) is -0.736. The molecule has 0 aliphatic carbocycles. The molecular weight excluding hydrogens is 687 g/mol. The number of nitrogens with two attached hydrogens (primary N) is 1. The highest BCUT2D eigenvalue weighted by atomic mass is 32.2. The average molecular weight is 721 g/mol. The summed E-state index contributed by atoms with van der Waals surface area (Å²) in [5, 5.41) is 18.5. The van der Waals surface area contributed by atoms with Crippen LogP contribution in [-0.2, 0) is 20.0 Å². The van der Waals surface area contributed by atoms with Crippen LogP contribution in [0.15, 0.2) is 94.7 Å². The van der Waals surface area contributed by atoms with Crippen molar-refractivity contribution in [3.8, 4) is 11.5 Å². The molecule has 4 aromatic rings. The van der Waals surface area contributed by atoms with Gasteiger partial charge in [-0.1, -0.05) is 0 Å². The lowest BCUT2D eigenvalue weighted by molar-refractivity contribution is -0.384.